The first-order chi connectivity index (χ1) is 3.68. The average Bonchev–Trinajstić information content (AvgIpc) is 1.67. The Morgan fingerprint density at radius 1 is 1.70 bits per heavy atom. The maximum absolute atomic E-state index is 10.1. The van der Waals surface area contributed by atoms with E-state index in [1.807, 2.05) is 6.92 Å². The summed E-state index contributed by atoms with van der Waals surface area (Å²) in [4.78, 5) is 0. The van der Waals surface area contributed by atoms with Gasteiger partial charge in [-0.25, -0.2) is 0 Å². The van der Waals surface area contributed by atoms with E-state index < -0.39 is 11.2 Å². The summed E-state index contributed by atoms with van der Waals surface area (Å²) in [6.07, 6.45) is 0.376. The normalized spacial score (nSPS) is 10.6. The van der Waals surface area contributed by atoms with Crippen LogP contribution in [0.4, 0.5) is 0 Å². The second-order valence-corrected chi connectivity index (χ2v) is 2.03. The van der Waals surface area contributed by atoms with Gasteiger partial charge in [0.2, 0.25) is 0 Å². The largest absolute Gasteiger partial charge is 1.00 e. The minimum Gasteiger partial charge on any atom is -0.866 e. The molecule has 0 aromatic carbocycles. The van der Waals surface area contributed by atoms with Gasteiger partial charge in [-0.15, -0.1) is 0 Å². The van der Waals surface area contributed by atoms with Gasteiger partial charge in [0.25, 0.3) is 0 Å². The van der Waals surface area contributed by atoms with Gasteiger partial charge in [-0.05, 0) is 11.5 Å². The Hall–Kier alpha value is 0.810. The summed E-state index contributed by atoms with van der Waals surface area (Å²) in [5.74, 6) is 0. The van der Waals surface area contributed by atoms with Crippen LogP contribution >= 0.6 is 12.2 Å². The smallest absolute Gasteiger partial charge is 0.866 e. The number of aliphatic hydroxyl groups is 1. The number of hydrogen-bond donors (Lipinski definition) is 1. The van der Waals surface area contributed by atoms with Crippen LogP contribution in [0.1, 0.15) is 19.8 Å². The van der Waals surface area contributed by atoms with Crippen LogP contribution in [0.5, 0.6) is 0 Å². The van der Waals surface area contributed by atoms with Gasteiger partial charge in [-0.2, -0.15) is 0 Å². The summed E-state index contributed by atoms with van der Waals surface area (Å²) in [5.41, 5.74) is 0. The van der Waals surface area contributed by atoms with Gasteiger partial charge in [0.1, 0.15) is 0 Å². The summed E-state index contributed by atoms with van der Waals surface area (Å²) in [6, 6.07) is 0. The topological polar surface area (TPSA) is 74.8 Å². The third-order valence-corrected chi connectivity index (χ3v) is 1.11. The van der Waals surface area contributed by atoms with Crippen LogP contribution in [0.25, 0.3) is 0 Å². The van der Waals surface area contributed by atoms with Crippen molar-refractivity contribution >= 4 is 17.3 Å². The molecule has 3 N–H and O–H groups in total. The molecule has 3 nitrogen and oxygen atoms in total. The molecule has 0 saturated carbocycles. The molecule has 0 heterocycles. The monoisotopic (exact) mass is 174 g/mol. The minimum absolute atomic E-state index is 0. The summed E-state index contributed by atoms with van der Waals surface area (Å²) in [5, 5.41) is 18.2. The Morgan fingerprint density at radius 2 is 2.10 bits per heavy atom. The molecule has 0 bridgehead atoms. The number of aliphatic hydroxyl groups excluding tert-OH is 1. The fraction of sp³-hybridized carbons (Fsp3) is 0.800. The molecule has 0 radical (unpaired) electrons. The van der Waals surface area contributed by atoms with Crippen molar-refractivity contribution in [1.82, 2.24) is 0 Å². The Balaban J connectivity index is -0.000000245. The summed E-state index contributed by atoms with van der Waals surface area (Å²) in [7, 11) is 0. The zero-order valence-corrected chi connectivity index (χ0v) is 9.07. The van der Waals surface area contributed by atoms with Crippen LogP contribution in [0.3, 0.4) is 0 Å². The molecule has 1 unspecified atom stereocenters. The van der Waals surface area contributed by atoms with Crippen LogP contribution in [-0.2, 0) is 0 Å². The zero-order chi connectivity index (χ0) is 6.57. The Morgan fingerprint density at radius 3 is 2.20 bits per heavy atom. The molecule has 0 saturated heterocycles. The summed E-state index contributed by atoms with van der Waals surface area (Å²) >= 11 is 4.18. The average molecular weight is 174 g/mol. The quantitative estimate of drug-likeness (QED) is 0.350. The van der Waals surface area contributed by atoms with E-state index in [0.717, 1.165) is 6.42 Å². The standard InChI is InChI=1S/C5H10O2S.Na.H2O/c1-2-3-4(6)5(7)8;;/h4,6H,2-3H2,1H3,(H,7,8);;1H2/q;+1;/p-1. The van der Waals surface area contributed by atoms with Gasteiger partial charge in [-0.1, -0.05) is 25.6 Å². The van der Waals surface area contributed by atoms with Crippen molar-refractivity contribution in [2.75, 3.05) is 0 Å². The van der Waals surface area contributed by atoms with E-state index in [-0.39, 0.29) is 35.0 Å². The molecular weight excluding hydrogens is 163 g/mol. The van der Waals surface area contributed by atoms with Crippen LogP contribution < -0.4 is 34.7 Å². The Kier molecular flexibility index (Phi) is 16.7. The predicted octanol–water partition coefficient (Wildman–Crippen LogP) is -3.99. The number of hydrogen-bond acceptors (Lipinski definition) is 3. The fourth-order valence-corrected chi connectivity index (χ4v) is 0.509. The molecule has 0 amide bonds. The molecule has 0 aromatic heterocycles. The van der Waals surface area contributed by atoms with E-state index in [4.69, 9.17) is 5.11 Å². The Labute approximate surface area is 88.0 Å². The van der Waals surface area contributed by atoms with Gasteiger partial charge in [0, 0.05) is 0 Å². The van der Waals surface area contributed by atoms with Crippen molar-refractivity contribution < 1.29 is 45.2 Å². The van der Waals surface area contributed by atoms with Crippen LogP contribution in [-0.4, -0.2) is 21.7 Å². The van der Waals surface area contributed by atoms with E-state index in [1.165, 1.54) is 0 Å². The van der Waals surface area contributed by atoms with E-state index in [9.17, 15) is 5.11 Å². The molecule has 0 aliphatic carbocycles. The first-order valence-electron chi connectivity index (χ1n) is 2.57. The molecule has 0 aromatic rings. The second kappa shape index (κ2) is 9.81. The van der Waals surface area contributed by atoms with Crippen LogP contribution in [0.2, 0.25) is 0 Å². The third kappa shape index (κ3) is 8.81. The maximum atomic E-state index is 10.1. The van der Waals surface area contributed by atoms with Crippen molar-refractivity contribution in [3.63, 3.8) is 0 Å². The molecule has 0 aliphatic rings. The van der Waals surface area contributed by atoms with Crippen LogP contribution in [0, 0.1) is 0 Å². The van der Waals surface area contributed by atoms with Gasteiger partial charge in [0.15, 0.2) is 0 Å². The fourth-order valence-electron chi connectivity index (χ4n) is 0.391. The van der Waals surface area contributed by atoms with E-state index in [1.54, 1.807) is 0 Å². The van der Waals surface area contributed by atoms with Crippen molar-refractivity contribution in [1.29, 1.82) is 0 Å². The summed E-state index contributed by atoms with van der Waals surface area (Å²) in [6.45, 7) is 1.89. The first kappa shape index (κ1) is 17.1. The first-order valence-corrected chi connectivity index (χ1v) is 2.98. The SMILES string of the molecule is CCCC(O)C([O-])=S.O.[Na+]. The van der Waals surface area contributed by atoms with Crippen molar-refractivity contribution in [2.24, 2.45) is 0 Å². The predicted molar refractivity (Wildman–Crippen MR) is 37.1 cm³/mol. The van der Waals surface area contributed by atoms with Gasteiger partial charge in [-0.3, -0.25) is 0 Å². The molecule has 1 atom stereocenters. The molecule has 0 rings (SSSR count). The van der Waals surface area contributed by atoms with E-state index in [0.29, 0.717) is 6.42 Å². The van der Waals surface area contributed by atoms with E-state index in [2.05, 4.69) is 12.2 Å². The van der Waals surface area contributed by atoms with Crippen molar-refractivity contribution in [3.8, 4) is 0 Å². The molecular formula is C5H11NaO3S. The molecule has 5 heteroatoms. The minimum atomic E-state index is -0.907. The zero-order valence-electron chi connectivity index (χ0n) is 6.26. The number of rotatable bonds is 3. The molecule has 10 heavy (non-hydrogen) atoms. The van der Waals surface area contributed by atoms with Crippen molar-refractivity contribution in [3.05, 3.63) is 0 Å². The van der Waals surface area contributed by atoms with Crippen LogP contribution in [0.15, 0.2) is 0 Å². The third-order valence-electron chi connectivity index (χ3n) is 0.834. The molecule has 0 fully saturated rings. The molecule has 56 valence electrons. The summed E-state index contributed by atoms with van der Waals surface area (Å²) < 4.78 is 0. The number of thiocarbonyl (C=S) groups is 1. The van der Waals surface area contributed by atoms with Gasteiger partial charge < -0.3 is 15.7 Å². The second-order valence-electron chi connectivity index (χ2n) is 1.62. The Bertz CT molecular complexity index is 89.0. The van der Waals surface area contributed by atoms with Gasteiger partial charge in [0.05, 0.1) is 6.10 Å². The van der Waals surface area contributed by atoms with Gasteiger partial charge >= 0.3 is 29.6 Å². The van der Waals surface area contributed by atoms with E-state index >= 15 is 0 Å². The molecule has 0 spiro atoms. The maximum Gasteiger partial charge on any atom is 1.00 e. The molecule has 0 aliphatic heterocycles. The van der Waals surface area contributed by atoms with Crippen molar-refractivity contribution in [2.45, 2.75) is 25.9 Å².